The molecule has 0 aliphatic carbocycles. The molecule has 0 aliphatic rings. The molecule has 1 aromatic heterocycles. The van der Waals surface area contributed by atoms with Crippen molar-refractivity contribution < 1.29 is 18.8 Å². The molecule has 2 aromatic carbocycles. The van der Waals surface area contributed by atoms with E-state index < -0.39 is 11.9 Å². The monoisotopic (exact) mass is 384 g/mol. The highest BCUT2D eigenvalue weighted by Gasteiger charge is 2.24. The molecule has 0 bridgehead atoms. The van der Waals surface area contributed by atoms with Gasteiger partial charge in [-0.1, -0.05) is 41.0 Å². The van der Waals surface area contributed by atoms with Gasteiger partial charge in [-0.25, -0.2) is 4.79 Å². The van der Waals surface area contributed by atoms with E-state index in [1.807, 2.05) is 0 Å². The van der Waals surface area contributed by atoms with Crippen molar-refractivity contribution in [3.63, 3.8) is 0 Å². The highest BCUT2D eigenvalue weighted by atomic mass is 35.5. The van der Waals surface area contributed by atoms with Gasteiger partial charge in [0.2, 0.25) is 0 Å². The summed E-state index contributed by atoms with van der Waals surface area (Å²) in [6.45, 7) is 3.39. The Labute approximate surface area is 161 Å². The molecule has 7 heteroatoms. The normalized spacial score (nSPS) is 10.5. The van der Waals surface area contributed by atoms with E-state index in [1.54, 1.807) is 56.3 Å². The number of amides is 1. The van der Waals surface area contributed by atoms with Crippen molar-refractivity contribution in [3.8, 4) is 11.3 Å². The summed E-state index contributed by atoms with van der Waals surface area (Å²) in [5.41, 5.74) is 2.72. The fourth-order valence-corrected chi connectivity index (χ4v) is 2.99. The van der Waals surface area contributed by atoms with Crippen molar-refractivity contribution in [3.05, 3.63) is 69.9 Å². The van der Waals surface area contributed by atoms with Crippen LogP contribution in [0.15, 0.2) is 47.0 Å². The molecule has 6 nitrogen and oxygen atoms in total. The van der Waals surface area contributed by atoms with Gasteiger partial charge < -0.3 is 14.6 Å². The first-order valence-corrected chi connectivity index (χ1v) is 8.52. The van der Waals surface area contributed by atoms with E-state index in [-0.39, 0.29) is 5.56 Å². The van der Waals surface area contributed by atoms with Crippen LogP contribution in [0, 0.1) is 13.8 Å². The maximum atomic E-state index is 12.9. The smallest absolute Gasteiger partial charge is 0.338 e. The lowest BCUT2D eigenvalue weighted by atomic mass is 10.0. The summed E-state index contributed by atoms with van der Waals surface area (Å²) in [6.07, 6.45) is 0. The molecular formula is C20H17ClN2O4. The first-order chi connectivity index (χ1) is 12.9. The SMILES string of the molecule is COC(=O)c1cccc(NC(=O)c2c(-c3ccccc3Cl)noc2C)c1C. The quantitative estimate of drug-likeness (QED) is 0.662. The van der Waals surface area contributed by atoms with Crippen LogP contribution in [0.5, 0.6) is 0 Å². The molecule has 0 unspecified atom stereocenters. The maximum Gasteiger partial charge on any atom is 0.338 e. The number of benzene rings is 2. The first-order valence-electron chi connectivity index (χ1n) is 8.14. The van der Waals surface area contributed by atoms with E-state index in [0.29, 0.717) is 38.9 Å². The van der Waals surface area contributed by atoms with Crippen molar-refractivity contribution in [1.82, 2.24) is 5.16 Å². The Morgan fingerprint density at radius 2 is 1.85 bits per heavy atom. The molecule has 0 aliphatic heterocycles. The fourth-order valence-electron chi connectivity index (χ4n) is 2.76. The van der Waals surface area contributed by atoms with Gasteiger partial charge in [-0.3, -0.25) is 4.79 Å². The number of carbonyl (C=O) groups excluding carboxylic acids is 2. The van der Waals surface area contributed by atoms with Crippen molar-refractivity contribution in [1.29, 1.82) is 0 Å². The minimum atomic E-state index is -0.471. The molecular weight excluding hydrogens is 368 g/mol. The molecule has 0 radical (unpaired) electrons. The molecule has 3 aromatic rings. The van der Waals surface area contributed by atoms with Crippen LogP contribution in [0.25, 0.3) is 11.3 Å². The summed E-state index contributed by atoms with van der Waals surface area (Å²) in [6, 6.07) is 12.1. The minimum Gasteiger partial charge on any atom is -0.465 e. The number of aryl methyl sites for hydroxylation is 1. The Balaban J connectivity index is 1.99. The molecule has 0 fully saturated rings. The lowest BCUT2D eigenvalue weighted by Crippen LogP contribution is -2.15. The number of aromatic nitrogens is 1. The molecule has 27 heavy (non-hydrogen) atoms. The van der Waals surface area contributed by atoms with Gasteiger partial charge in [-0.2, -0.15) is 0 Å². The summed E-state index contributed by atoms with van der Waals surface area (Å²) in [5.74, 6) is -0.514. The predicted octanol–water partition coefficient (Wildman–Crippen LogP) is 4.65. The van der Waals surface area contributed by atoms with E-state index in [4.69, 9.17) is 20.9 Å². The largest absolute Gasteiger partial charge is 0.465 e. The fraction of sp³-hybridized carbons (Fsp3) is 0.150. The number of nitrogens with zero attached hydrogens (tertiary/aromatic N) is 1. The van der Waals surface area contributed by atoms with Crippen molar-refractivity contribution in [2.45, 2.75) is 13.8 Å². The topological polar surface area (TPSA) is 81.4 Å². The van der Waals surface area contributed by atoms with E-state index >= 15 is 0 Å². The molecule has 1 N–H and O–H groups in total. The number of nitrogens with one attached hydrogen (secondary N) is 1. The van der Waals surface area contributed by atoms with E-state index in [0.717, 1.165) is 0 Å². The standard InChI is InChI=1S/C20H17ClN2O4/c1-11-13(20(25)26-3)8-6-10-16(11)22-19(24)17-12(2)27-23-18(17)14-7-4-5-9-15(14)21/h4-10H,1-3H3,(H,22,24). The van der Waals surface area contributed by atoms with Gasteiger partial charge in [0.15, 0.2) is 0 Å². The van der Waals surface area contributed by atoms with Crippen LogP contribution in [-0.2, 0) is 4.74 Å². The summed E-state index contributed by atoms with van der Waals surface area (Å²) in [7, 11) is 1.31. The number of anilines is 1. The van der Waals surface area contributed by atoms with E-state index in [1.165, 1.54) is 7.11 Å². The van der Waals surface area contributed by atoms with Gasteiger partial charge in [-0.15, -0.1) is 0 Å². The average Bonchev–Trinajstić information content (AvgIpc) is 3.04. The molecule has 1 heterocycles. The number of hydrogen-bond donors (Lipinski definition) is 1. The molecule has 0 saturated carbocycles. The van der Waals surface area contributed by atoms with E-state index in [9.17, 15) is 9.59 Å². The van der Waals surface area contributed by atoms with Crippen LogP contribution in [-0.4, -0.2) is 24.1 Å². The number of ether oxygens (including phenoxy) is 1. The second-order valence-corrected chi connectivity index (χ2v) is 6.27. The second-order valence-electron chi connectivity index (χ2n) is 5.87. The number of rotatable bonds is 4. The van der Waals surface area contributed by atoms with Gasteiger partial charge in [0.05, 0.1) is 17.7 Å². The van der Waals surface area contributed by atoms with Crippen LogP contribution < -0.4 is 5.32 Å². The van der Waals surface area contributed by atoms with Gasteiger partial charge in [0.25, 0.3) is 5.91 Å². The van der Waals surface area contributed by atoms with Crippen LogP contribution in [0.4, 0.5) is 5.69 Å². The van der Waals surface area contributed by atoms with Gasteiger partial charge in [0.1, 0.15) is 17.0 Å². The molecule has 0 atom stereocenters. The average molecular weight is 385 g/mol. The number of halogens is 1. The zero-order valence-corrected chi connectivity index (χ0v) is 15.8. The van der Waals surface area contributed by atoms with Gasteiger partial charge >= 0.3 is 5.97 Å². The Hall–Kier alpha value is -3.12. The maximum absolute atomic E-state index is 12.9. The minimum absolute atomic E-state index is 0.283. The lowest BCUT2D eigenvalue weighted by Gasteiger charge is -2.11. The lowest BCUT2D eigenvalue weighted by molar-refractivity contribution is 0.0599. The number of methoxy groups -OCH3 is 1. The number of esters is 1. The van der Waals surface area contributed by atoms with Crippen molar-refractivity contribution in [2.24, 2.45) is 0 Å². The molecule has 0 spiro atoms. The Kier molecular flexibility index (Phi) is 5.28. The van der Waals surface area contributed by atoms with Crippen LogP contribution in [0.3, 0.4) is 0 Å². The Morgan fingerprint density at radius 3 is 2.56 bits per heavy atom. The molecule has 3 rings (SSSR count). The van der Waals surface area contributed by atoms with Crippen LogP contribution in [0.2, 0.25) is 5.02 Å². The third-order valence-corrected chi connectivity index (χ3v) is 4.54. The van der Waals surface area contributed by atoms with E-state index in [2.05, 4.69) is 10.5 Å². The third kappa shape index (κ3) is 3.57. The zero-order chi connectivity index (χ0) is 19.6. The number of hydrogen-bond acceptors (Lipinski definition) is 5. The third-order valence-electron chi connectivity index (χ3n) is 4.21. The zero-order valence-electron chi connectivity index (χ0n) is 15.0. The predicted molar refractivity (Wildman–Crippen MR) is 102 cm³/mol. The van der Waals surface area contributed by atoms with Gasteiger partial charge in [-0.05, 0) is 37.6 Å². The van der Waals surface area contributed by atoms with Crippen molar-refractivity contribution >= 4 is 29.2 Å². The Morgan fingerprint density at radius 1 is 1.11 bits per heavy atom. The molecule has 1 amide bonds. The molecule has 0 saturated heterocycles. The summed E-state index contributed by atoms with van der Waals surface area (Å²) in [5, 5.41) is 7.27. The highest BCUT2D eigenvalue weighted by molar-refractivity contribution is 6.33. The number of carbonyl (C=O) groups is 2. The van der Waals surface area contributed by atoms with Crippen LogP contribution in [0.1, 0.15) is 32.0 Å². The summed E-state index contributed by atoms with van der Waals surface area (Å²) >= 11 is 6.24. The van der Waals surface area contributed by atoms with Gasteiger partial charge in [0, 0.05) is 11.3 Å². The Bertz CT molecular complexity index is 1030. The molecule has 138 valence electrons. The second kappa shape index (κ2) is 7.63. The highest BCUT2D eigenvalue weighted by Crippen LogP contribution is 2.31. The summed E-state index contributed by atoms with van der Waals surface area (Å²) in [4.78, 5) is 24.8. The van der Waals surface area contributed by atoms with Crippen molar-refractivity contribution in [2.75, 3.05) is 12.4 Å². The summed E-state index contributed by atoms with van der Waals surface area (Å²) < 4.78 is 10.00. The van der Waals surface area contributed by atoms with Crippen LogP contribution >= 0.6 is 11.6 Å². The first kappa shape index (κ1) is 18.7.